The monoisotopic (exact) mass is 375 g/mol. The van der Waals surface area contributed by atoms with Gasteiger partial charge in [-0.15, -0.1) is 0 Å². The van der Waals surface area contributed by atoms with Crippen LogP contribution in [0.3, 0.4) is 0 Å². The second-order valence-electron chi connectivity index (χ2n) is 6.51. The molecule has 0 aliphatic carbocycles. The van der Waals surface area contributed by atoms with Gasteiger partial charge in [-0.2, -0.15) is 0 Å². The first kappa shape index (κ1) is 22.1. The lowest BCUT2D eigenvalue weighted by atomic mass is 10.0. The van der Waals surface area contributed by atoms with Gasteiger partial charge in [0.2, 0.25) is 0 Å². The van der Waals surface area contributed by atoms with E-state index in [1.807, 2.05) is 0 Å². The third kappa shape index (κ3) is 6.06. The molecule has 27 heavy (non-hydrogen) atoms. The topological polar surface area (TPSA) is 90.0 Å². The molecule has 0 N–H and O–H groups in total. The highest BCUT2D eigenvalue weighted by Gasteiger charge is 2.37. The van der Waals surface area contributed by atoms with Crippen molar-refractivity contribution in [2.24, 2.45) is 0 Å². The van der Waals surface area contributed by atoms with Gasteiger partial charge >= 0.3 is 11.9 Å². The Balaban J connectivity index is 3.40. The first-order valence-electron chi connectivity index (χ1n) is 8.63. The molecule has 0 aliphatic rings. The predicted molar refractivity (Wildman–Crippen MR) is 98.7 cm³/mol. The van der Waals surface area contributed by atoms with Crippen LogP contribution in [-0.4, -0.2) is 47.4 Å². The first-order chi connectivity index (χ1) is 12.6. The molecule has 0 heterocycles. The van der Waals surface area contributed by atoms with Gasteiger partial charge in [0.15, 0.2) is 0 Å². The molecule has 0 saturated heterocycles. The molecule has 146 valence electrons. The van der Waals surface area contributed by atoms with Crippen LogP contribution >= 0.6 is 0 Å². The van der Waals surface area contributed by atoms with Crippen LogP contribution in [0.5, 0.6) is 0 Å². The van der Waals surface area contributed by atoms with Gasteiger partial charge in [0.05, 0.1) is 13.2 Å². The summed E-state index contributed by atoms with van der Waals surface area (Å²) in [5, 5.41) is 0. The molecule has 0 atom stereocenters. The van der Waals surface area contributed by atoms with E-state index in [4.69, 9.17) is 9.47 Å². The van der Waals surface area contributed by atoms with Crippen molar-refractivity contribution in [1.29, 1.82) is 0 Å². The summed E-state index contributed by atoms with van der Waals surface area (Å²) in [5.41, 5.74) is -1.24. The van der Waals surface area contributed by atoms with E-state index >= 15 is 0 Å². The summed E-state index contributed by atoms with van der Waals surface area (Å²) in [7, 11) is 0. The van der Waals surface area contributed by atoms with Crippen LogP contribution in [0.25, 0.3) is 0 Å². The highest BCUT2D eigenvalue weighted by atomic mass is 16.5. The summed E-state index contributed by atoms with van der Waals surface area (Å²) < 4.78 is 9.66. The van der Waals surface area contributed by atoms with Crippen molar-refractivity contribution in [2.75, 3.05) is 13.2 Å². The Hall–Kier alpha value is -2.96. The molecule has 0 saturated carbocycles. The van der Waals surface area contributed by atoms with E-state index in [1.165, 1.54) is 0 Å². The predicted octanol–water partition coefficient (Wildman–Crippen LogP) is 2.51. The lowest BCUT2D eigenvalue weighted by molar-refractivity contribution is -0.144. The minimum absolute atomic E-state index is 0.00836. The number of amides is 2. The van der Waals surface area contributed by atoms with Crippen molar-refractivity contribution >= 4 is 23.8 Å². The number of rotatable bonds is 6. The summed E-state index contributed by atoms with van der Waals surface area (Å²) in [5.74, 6) is -3.38. The molecule has 7 heteroatoms. The third-order valence-corrected chi connectivity index (χ3v) is 3.37. The number of hydrogen-bond acceptors (Lipinski definition) is 6. The van der Waals surface area contributed by atoms with Crippen molar-refractivity contribution < 1.29 is 28.7 Å². The lowest BCUT2D eigenvalue weighted by Crippen LogP contribution is -2.51. The number of benzene rings is 1. The summed E-state index contributed by atoms with van der Waals surface area (Å²) in [6, 6.07) is 8.20. The van der Waals surface area contributed by atoms with Crippen LogP contribution in [0.15, 0.2) is 42.0 Å². The molecule has 0 unspecified atom stereocenters. The number of imide groups is 1. The molecule has 0 aliphatic heterocycles. The maximum atomic E-state index is 13.1. The highest BCUT2D eigenvalue weighted by Crippen LogP contribution is 2.21. The Kier molecular flexibility index (Phi) is 7.90. The number of esters is 2. The second kappa shape index (κ2) is 9.66. The van der Waals surface area contributed by atoms with Crippen molar-refractivity contribution in [3.63, 3.8) is 0 Å². The molecular weight excluding hydrogens is 350 g/mol. The number of nitrogens with zero attached hydrogens (tertiary/aromatic N) is 1. The van der Waals surface area contributed by atoms with E-state index in [-0.39, 0.29) is 18.8 Å². The summed E-state index contributed by atoms with van der Waals surface area (Å²) in [6.45, 7) is 8.20. The Morgan fingerprint density at radius 1 is 0.963 bits per heavy atom. The van der Waals surface area contributed by atoms with E-state index in [2.05, 4.69) is 0 Å². The van der Waals surface area contributed by atoms with Crippen LogP contribution in [-0.2, 0) is 23.9 Å². The van der Waals surface area contributed by atoms with Crippen molar-refractivity contribution in [3.8, 4) is 0 Å². The van der Waals surface area contributed by atoms with Crippen LogP contribution < -0.4 is 0 Å². The molecule has 0 aromatic heterocycles. The molecule has 0 fully saturated rings. The maximum Gasteiger partial charge on any atom is 0.344 e. The van der Waals surface area contributed by atoms with Crippen LogP contribution in [0, 0.1) is 0 Å². The zero-order chi connectivity index (χ0) is 20.6. The molecule has 1 rings (SSSR count). The van der Waals surface area contributed by atoms with Gasteiger partial charge < -0.3 is 9.47 Å². The van der Waals surface area contributed by atoms with E-state index in [9.17, 15) is 19.2 Å². The largest absolute Gasteiger partial charge is 0.463 e. The minimum atomic E-state index is -0.995. The van der Waals surface area contributed by atoms with Gasteiger partial charge in [0.1, 0.15) is 5.57 Å². The zero-order valence-corrected chi connectivity index (χ0v) is 16.3. The molecular formula is C20H25NO6. The number of hydrogen-bond donors (Lipinski definition) is 0. The quantitative estimate of drug-likeness (QED) is 0.328. The minimum Gasteiger partial charge on any atom is -0.463 e. The Bertz CT molecular complexity index is 731. The highest BCUT2D eigenvalue weighted by molar-refractivity contribution is 6.23. The van der Waals surface area contributed by atoms with Gasteiger partial charge in [-0.25, -0.2) is 9.59 Å². The smallest absolute Gasteiger partial charge is 0.344 e. The molecule has 1 aromatic carbocycles. The van der Waals surface area contributed by atoms with Gasteiger partial charge in [0, 0.05) is 17.2 Å². The summed E-state index contributed by atoms with van der Waals surface area (Å²) >= 11 is 0. The fourth-order valence-corrected chi connectivity index (χ4v) is 2.25. The fourth-order valence-electron chi connectivity index (χ4n) is 2.25. The summed E-state index contributed by atoms with van der Waals surface area (Å²) in [6.07, 6.45) is 0.765. The molecule has 0 bridgehead atoms. The molecule has 7 nitrogen and oxygen atoms in total. The van der Waals surface area contributed by atoms with E-state index < -0.39 is 34.9 Å². The Morgan fingerprint density at radius 3 is 2.00 bits per heavy atom. The van der Waals surface area contributed by atoms with Gasteiger partial charge in [-0.05, 0) is 46.8 Å². The molecule has 0 spiro atoms. The van der Waals surface area contributed by atoms with Gasteiger partial charge in [0.25, 0.3) is 11.8 Å². The SMILES string of the molecule is CCOC(=O)/C=C(/C(=O)OCC)C(=O)N(C(=O)c1ccccc1)C(C)(C)C. The zero-order valence-electron chi connectivity index (χ0n) is 16.3. The maximum absolute atomic E-state index is 13.1. The number of ether oxygens (including phenoxy) is 2. The van der Waals surface area contributed by atoms with Gasteiger partial charge in [-0.1, -0.05) is 18.2 Å². The first-order valence-corrected chi connectivity index (χ1v) is 8.63. The Labute approximate surface area is 158 Å². The summed E-state index contributed by atoms with van der Waals surface area (Å²) in [4.78, 5) is 51.0. The normalized spacial score (nSPS) is 11.5. The average molecular weight is 375 g/mol. The second-order valence-corrected chi connectivity index (χ2v) is 6.51. The number of carbonyl (C=O) groups excluding carboxylic acids is 4. The van der Waals surface area contributed by atoms with E-state index in [0.29, 0.717) is 0 Å². The lowest BCUT2D eigenvalue weighted by Gasteiger charge is -2.34. The van der Waals surface area contributed by atoms with E-state index in [1.54, 1.807) is 65.0 Å². The van der Waals surface area contributed by atoms with E-state index in [0.717, 1.165) is 11.0 Å². The van der Waals surface area contributed by atoms with Crippen LogP contribution in [0.2, 0.25) is 0 Å². The average Bonchev–Trinajstić information content (AvgIpc) is 2.59. The standard InChI is InChI=1S/C20H25NO6/c1-6-26-16(22)13-15(19(25)27-7-2)18(24)21(20(3,4)5)17(23)14-11-9-8-10-12-14/h8-13H,6-7H2,1-5H3/b15-13+. The van der Waals surface area contributed by atoms with Crippen LogP contribution in [0.1, 0.15) is 45.0 Å². The van der Waals surface area contributed by atoms with Gasteiger partial charge in [-0.3, -0.25) is 14.5 Å². The van der Waals surface area contributed by atoms with Crippen molar-refractivity contribution in [3.05, 3.63) is 47.5 Å². The van der Waals surface area contributed by atoms with Crippen LogP contribution in [0.4, 0.5) is 0 Å². The van der Waals surface area contributed by atoms with Crippen molar-refractivity contribution in [1.82, 2.24) is 4.90 Å². The molecule has 2 amide bonds. The van der Waals surface area contributed by atoms with Crippen molar-refractivity contribution in [2.45, 2.75) is 40.2 Å². The number of carbonyl (C=O) groups is 4. The molecule has 0 radical (unpaired) electrons. The molecule has 1 aromatic rings. The third-order valence-electron chi connectivity index (χ3n) is 3.37. The fraction of sp³-hybridized carbons (Fsp3) is 0.400. The Morgan fingerprint density at radius 2 is 1.52 bits per heavy atom.